The van der Waals surface area contributed by atoms with Crippen molar-refractivity contribution in [3.8, 4) is 0 Å². The summed E-state index contributed by atoms with van der Waals surface area (Å²) in [7, 11) is 1.99. The van der Waals surface area contributed by atoms with Gasteiger partial charge < -0.3 is 15.2 Å². The van der Waals surface area contributed by atoms with E-state index in [0.717, 1.165) is 19.3 Å². The van der Waals surface area contributed by atoms with E-state index in [1.807, 2.05) is 19.2 Å². The van der Waals surface area contributed by atoms with E-state index in [9.17, 15) is 4.39 Å². The number of likely N-dealkylation sites (N-methyl/N-ethyl adjacent to an activating group) is 1. The number of nitrogens with two attached hydrogens (primary N) is 1. The van der Waals surface area contributed by atoms with Gasteiger partial charge >= 0.3 is 0 Å². The number of ether oxygens (including phenoxy) is 2. The van der Waals surface area contributed by atoms with Crippen molar-refractivity contribution >= 4 is 0 Å². The fraction of sp³-hybridized carbons (Fsp3) is 0.625. The lowest BCUT2D eigenvalue weighted by atomic mass is 9.85. The van der Waals surface area contributed by atoms with Gasteiger partial charge in [0, 0.05) is 37.0 Å². The van der Waals surface area contributed by atoms with Crippen molar-refractivity contribution in [1.82, 2.24) is 4.90 Å². The molecule has 1 aromatic carbocycles. The second-order valence-electron chi connectivity index (χ2n) is 6.09. The Labute approximate surface area is 125 Å². The summed E-state index contributed by atoms with van der Waals surface area (Å²) in [5.41, 5.74) is 6.97. The molecule has 116 valence electrons. The third kappa shape index (κ3) is 3.11. The number of rotatable bonds is 3. The van der Waals surface area contributed by atoms with E-state index >= 15 is 0 Å². The Kier molecular flexibility index (Phi) is 4.26. The van der Waals surface area contributed by atoms with E-state index in [0.29, 0.717) is 25.3 Å². The van der Waals surface area contributed by atoms with E-state index in [2.05, 4.69) is 4.90 Å². The van der Waals surface area contributed by atoms with Gasteiger partial charge in [-0.15, -0.1) is 0 Å². The van der Waals surface area contributed by atoms with Crippen molar-refractivity contribution in [1.29, 1.82) is 0 Å². The lowest BCUT2D eigenvalue weighted by molar-refractivity contribution is -0.191. The molecule has 3 rings (SSSR count). The minimum atomic E-state index is -0.468. The summed E-state index contributed by atoms with van der Waals surface area (Å²) in [5, 5.41) is 0. The van der Waals surface area contributed by atoms with Gasteiger partial charge in [0.05, 0.1) is 13.2 Å². The van der Waals surface area contributed by atoms with Gasteiger partial charge in [0.25, 0.3) is 0 Å². The Bertz CT molecular complexity index is 491. The normalized spacial score (nSPS) is 28.4. The molecule has 0 aromatic heterocycles. The highest BCUT2D eigenvalue weighted by Crippen LogP contribution is 2.37. The van der Waals surface area contributed by atoms with Crippen LogP contribution in [0.5, 0.6) is 0 Å². The van der Waals surface area contributed by atoms with Crippen LogP contribution in [-0.4, -0.2) is 43.0 Å². The highest BCUT2D eigenvalue weighted by molar-refractivity contribution is 5.17. The highest BCUT2D eigenvalue weighted by atomic mass is 19.1. The summed E-state index contributed by atoms with van der Waals surface area (Å²) in [6.07, 6.45) is 2.46. The molecule has 0 radical (unpaired) electrons. The van der Waals surface area contributed by atoms with E-state index < -0.39 is 5.79 Å². The van der Waals surface area contributed by atoms with Crippen LogP contribution >= 0.6 is 0 Å². The first-order valence-corrected chi connectivity index (χ1v) is 7.57. The fourth-order valence-electron chi connectivity index (χ4n) is 3.41. The minimum Gasteiger partial charge on any atom is -0.347 e. The minimum absolute atomic E-state index is 0.0696. The Morgan fingerprint density at radius 2 is 2.05 bits per heavy atom. The van der Waals surface area contributed by atoms with Crippen LogP contribution in [0.15, 0.2) is 24.3 Å². The Hall–Kier alpha value is -1.01. The largest absolute Gasteiger partial charge is 0.347 e. The molecule has 1 saturated heterocycles. The van der Waals surface area contributed by atoms with Gasteiger partial charge in [-0.25, -0.2) is 4.39 Å². The Morgan fingerprint density at radius 1 is 1.33 bits per heavy atom. The molecule has 2 N–H and O–H groups in total. The first kappa shape index (κ1) is 14.9. The van der Waals surface area contributed by atoms with Crippen molar-refractivity contribution in [2.45, 2.75) is 43.7 Å². The standard InChI is InChI=1S/C16H23FN2O2/c1-19(11-12-4-2-3-5-13(12)17)15-10-16(7-6-14(15)18)20-8-9-21-16/h2-5,14-15H,6-11,18H2,1H3. The molecule has 1 saturated carbocycles. The van der Waals surface area contributed by atoms with Crippen molar-refractivity contribution in [2.24, 2.45) is 5.73 Å². The molecular weight excluding hydrogens is 271 g/mol. The van der Waals surface area contributed by atoms with Crippen LogP contribution in [0.25, 0.3) is 0 Å². The molecule has 1 spiro atoms. The van der Waals surface area contributed by atoms with Crippen molar-refractivity contribution in [2.75, 3.05) is 20.3 Å². The van der Waals surface area contributed by atoms with Crippen LogP contribution in [-0.2, 0) is 16.0 Å². The van der Waals surface area contributed by atoms with Crippen LogP contribution in [0.3, 0.4) is 0 Å². The SMILES string of the molecule is CN(Cc1ccccc1F)C1CC2(CCC1N)OCCO2. The molecule has 4 nitrogen and oxygen atoms in total. The monoisotopic (exact) mass is 294 g/mol. The van der Waals surface area contributed by atoms with E-state index in [4.69, 9.17) is 15.2 Å². The molecule has 0 bridgehead atoms. The molecule has 2 atom stereocenters. The first-order valence-electron chi connectivity index (χ1n) is 7.57. The predicted molar refractivity (Wildman–Crippen MR) is 78.1 cm³/mol. The first-order chi connectivity index (χ1) is 10.1. The fourth-order valence-corrected chi connectivity index (χ4v) is 3.41. The van der Waals surface area contributed by atoms with Crippen LogP contribution in [0.1, 0.15) is 24.8 Å². The van der Waals surface area contributed by atoms with Gasteiger partial charge in [0.2, 0.25) is 0 Å². The Morgan fingerprint density at radius 3 is 2.76 bits per heavy atom. The van der Waals surface area contributed by atoms with E-state index in [1.54, 1.807) is 6.07 Å². The number of hydrogen-bond donors (Lipinski definition) is 1. The molecule has 1 heterocycles. The van der Waals surface area contributed by atoms with Gasteiger partial charge in [-0.2, -0.15) is 0 Å². The second kappa shape index (κ2) is 6.01. The maximum Gasteiger partial charge on any atom is 0.170 e. The van der Waals surface area contributed by atoms with Crippen molar-refractivity contribution in [3.05, 3.63) is 35.6 Å². The number of hydrogen-bond acceptors (Lipinski definition) is 4. The number of halogens is 1. The molecule has 1 aliphatic heterocycles. The zero-order valence-electron chi connectivity index (χ0n) is 12.4. The maximum atomic E-state index is 13.8. The quantitative estimate of drug-likeness (QED) is 0.924. The topological polar surface area (TPSA) is 47.7 Å². The second-order valence-corrected chi connectivity index (χ2v) is 6.09. The third-order valence-electron chi connectivity index (χ3n) is 4.63. The lowest BCUT2D eigenvalue weighted by Gasteiger charge is -2.43. The molecule has 1 aromatic rings. The van der Waals surface area contributed by atoms with Crippen LogP contribution in [0.2, 0.25) is 0 Å². The zero-order valence-corrected chi connectivity index (χ0v) is 12.4. The zero-order chi connectivity index (χ0) is 14.9. The maximum absolute atomic E-state index is 13.8. The van der Waals surface area contributed by atoms with Gasteiger partial charge in [0.1, 0.15) is 5.82 Å². The lowest BCUT2D eigenvalue weighted by Crippen LogP contribution is -2.55. The summed E-state index contributed by atoms with van der Waals surface area (Å²) in [4.78, 5) is 2.12. The van der Waals surface area contributed by atoms with Gasteiger partial charge in [-0.1, -0.05) is 18.2 Å². The highest BCUT2D eigenvalue weighted by Gasteiger charge is 2.45. The summed E-state index contributed by atoms with van der Waals surface area (Å²) in [6.45, 7) is 1.85. The van der Waals surface area contributed by atoms with Crippen molar-refractivity contribution < 1.29 is 13.9 Å². The summed E-state index contributed by atoms with van der Waals surface area (Å²) in [6, 6.07) is 7.09. The van der Waals surface area contributed by atoms with Gasteiger partial charge in [-0.3, -0.25) is 4.90 Å². The molecule has 2 fully saturated rings. The molecule has 2 aliphatic rings. The third-order valence-corrected chi connectivity index (χ3v) is 4.63. The molecule has 21 heavy (non-hydrogen) atoms. The van der Waals surface area contributed by atoms with Crippen LogP contribution in [0, 0.1) is 5.82 Å². The van der Waals surface area contributed by atoms with Gasteiger partial charge in [0.15, 0.2) is 5.79 Å². The van der Waals surface area contributed by atoms with Gasteiger partial charge in [-0.05, 0) is 19.5 Å². The van der Waals surface area contributed by atoms with E-state index in [1.165, 1.54) is 6.07 Å². The molecule has 1 aliphatic carbocycles. The summed E-state index contributed by atoms with van der Waals surface area (Å²) >= 11 is 0. The van der Waals surface area contributed by atoms with Crippen LogP contribution < -0.4 is 5.73 Å². The smallest absolute Gasteiger partial charge is 0.170 e. The molecule has 0 amide bonds. The number of nitrogens with zero attached hydrogens (tertiary/aromatic N) is 1. The van der Waals surface area contributed by atoms with E-state index in [-0.39, 0.29) is 17.9 Å². The van der Waals surface area contributed by atoms with Crippen molar-refractivity contribution in [3.63, 3.8) is 0 Å². The predicted octanol–water partition coefficient (Wildman–Crippen LogP) is 1.88. The number of benzene rings is 1. The Balaban J connectivity index is 1.70. The molecule has 5 heteroatoms. The summed E-state index contributed by atoms with van der Waals surface area (Å²) < 4.78 is 25.4. The average molecular weight is 294 g/mol. The molecule has 2 unspecified atom stereocenters. The van der Waals surface area contributed by atoms with Crippen LogP contribution in [0.4, 0.5) is 4.39 Å². The molecular formula is C16H23FN2O2. The average Bonchev–Trinajstić information content (AvgIpc) is 2.93. The summed E-state index contributed by atoms with van der Waals surface area (Å²) in [5.74, 6) is -0.638.